The van der Waals surface area contributed by atoms with Gasteiger partial charge in [-0.1, -0.05) is 51.1 Å². The zero-order valence-corrected chi connectivity index (χ0v) is 12.6. The Morgan fingerprint density at radius 2 is 1.68 bits per heavy atom. The summed E-state index contributed by atoms with van der Waals surface area (Å²) in [6.07, 6.45) is 0. The molecule has 3 nitrogen and oxygen atoms in total. The van der Waals surface area contributed by atoms with Crippen LogP contribution < -0.4 is 11.1 Å². The van der Waals surface area contributed by atoms with E-state index in [1.165, 1.54) is 5.56 Å². The van der Waals surface area contributed by atoms with Crippen LogP contribution in [0.4, 0.5) is 0 Å². The van der Waals surface area contributed by atoms with Crippen LogP contribution in [0.15, 0.2) is 30.3 Å². The SMILES string of the molecule is CC(N)C(C)C(=O)NC(C)C(C)(C)c1ccccc1. The Morgan fingerprint density at radius 3 is 2.16 bits per heavy atom. The molecule has 0 aromatic heterocycles. The Bertz CT molecular complexity index is 412. The molecule has 0 aliphatic heterocycles. The molecule has 106 valence electrons. The van der Waals surface area contributed by atoms with Crippen molar-refractivity contribution in [1.29, 1.82) is 0 Å². The molecule has 0 aliphatic rings. The number of carbonyl (C=O) groups excluding carboxylic acids is 1. The summed E-state index contributed by atoms with van der Waals surface area (Å²) in [7, 11) is 0. The van der Waals surface area contributed by atoms with Crippen LogP contribution in [0.2, 0.25) is 0 Å². The van der Waals surface area contributed by atoms with E-state index in [-0.39, 0.29) is 29.3 Å². The van der Waals surface area contributed by atoms with Crippen molar-refractivity contribution in [3.05, 3.63) is 35.9 Å². The van der Waals surface area contributed by atoms with E-state index in [2.05, 4.69) is 31.3 Å². The van der Waals surface area contributed by atoms with E-state index in [1.807, 2.05) is 39.0 Å². The Kier molecular flexibility index (Phi) is 5.12. The molecule has 1 rings (SSSR count). The highest BCUT2D eigenvalue weighted by atomic mass is 16.2. The summed E-state index contributed by atoms with van der Waals surface area (Å²) >= 11 is 0. The maximum absolute atomic E-state index is 12.1. The van der Waals surface area contributed by atoms with Gasteiger partial charge < -0.3 is 11.1 Å². The maximum atomic E-state index is 12.1. The molecular weight excluding hydrogens is 236 g/mol. The number of benzene rings is 1. The lowest BCUT2D eigenvalue weighted by atomic mass is 9.78. The second-order valence-corrected chi connectivity index (χ2v) is 5.97. The molecule has 3 atom stereocenters. The van der Waals surface area contributed by atoms with Gasteiger partial charge in [-0.3, -0.25) is 4.79 Å². The van der Waals surface area contributed by atoms with Crippen LogP contribution in [0.3, 0.4) is 0 Å². The van der Waals surface area contributed by atoms with Gasteiger partial charge in [0.05, 0.1) is 0 Å². The Balaban J connectivity index is 2.77. The minimum atomic E-state index is -0.172. The molecule has 0 saturated heterocycles. The van der Waals surface area contributed by atoms with E-state index in [9.17, 15) is 4.79 Å². The van der Waals surface area contributed by atoms with Crippen LogP contribution in [0.25, 0.3) is 0 Å². The predicted octanol–water partition coefficient (Wildman–Crippen LogP) is 2.45. The van der Waals surface area contributed by atoms with Gasteiger partial charge >= 0.3 is 0 Å². The van der Waals surface area contributed by atoms with Gasteiger partial charge in [0, 0.05) is 23.4 Å². The number of amides is 1. The molecule has 0 heterocycles. The molecule has 3 N–H and O–H groups in total. The average molecular weight is 262 g/mol. The zero-order chi connectivity index (χ0) is 14.6. The molecule has 0 aliphatic carbocycles. The van der Waals surface area contributed by atoms with Gasteiger partial charge in [-0.15, -0.1) is 0 Å². The lowest BCUT2D eigenvalue weighted by molar-refractivity contribution is -0.126. The van der Waals surface area contributed by atoms with E-state index < -0.39 is 0 Å². The standard InChI is InChI=1S/C16H26N2O/c1-11(12(2)17)15(19)18-13(3)16(4,5)14-9-7-6-8-10-14/h6-13H,17H2,1-5H3,(H,18,19). The minimum absolute atomic E-state index is 0.0199. The van der Waals surface area contributed by atoms with E-state index >= 15 is 0 Å². The average Bonchev–Trinajstić information content (AvgIpc) is 2.38. The summed E-state index contributed by atoms with van der Waals surface area (Å²) in [5, 5.41) is 3.08. The van der Waals surface area contributed by atoms with Gasteiger partial charge in [0.2, 0.25) is 5.91 Å². The smallest absolute Gasteiger partial charge is 0.224 e. The monoisotopic (exact) mass is 262 g/mol. The number of nitrogens with one attached hydrogen (secondary N) is 1. The first kappa shape index (κ1) is 15.7. The molecule has 1 aromatic carbocycles. The third-order valence-electron chi connectivity index (χ3n) is 4.16. The highest BCUT2D eigenvalue weighted by Gasteiger charge is 2.30. The highest BCUT2D eigenvalue weighted by Crippen LogP contribution is 2.27. The molecule has 3 unspecified atom stereocenters. The zero-order valence-electron chi connectivity index (χ0n) is 12.6. The summed E-state index contributed by atoms with van der Waals surface area (Å²) in [4.78, 5) is 12.1. The van der Waals surface area contributed by atoms with Crippen molar-refractivity contribution in [1.82, 2.24) is 5.32 Å². The summed E-state index contributed by atoms with van der Waals surface area (Å²) < 4.78 is 0. The summed E-state index contributed by atoms with van der Waals surface area (Å²) in [5.74, 6) is -0.152. The van der Waals surface area contributed by atoms with Crippen molar-refractivity contribution in [3.8, 4) is 0 Å². The fraction of sp³-hybridized carbons (Fsp3) is 0.562. The van der Waals surface area contributed by atoms with Crippen LogP contribution in [0, 0.1) is 5.92 Å². The molecular formula is C16H26N2O. The lowest BCUT2D eigenvalue weighted by Crippen LogP contribution is -2.49. The Morgan fingerprint density at radius 1 is 1.16 bits per heavy atom. The van der Waals surface area contributed by atoms with Crippen molar-refractivity contribution in [2.45, 2.75) is 52.1 Å². The first-order chi connectivity index (χ1) is 8.76. The lowest BCUT2D eigenvalue weighted by Gasteiger charge is -2.34. The minimum Gasteiger partial charge on any atom is -0.352 e. The van der Waals surface area contributed by atoms with Crippen molar-refractivity contribution in [3.63, 3.8) is 0 Å². The van der Waals surface area contributed by atoms with E-state index in [1.54, 1.807) is 0 Å². The molecule has 3 heteroatoms. The fourth-order valence-corrected chi connectivity index (χ4v) is 1.88. The van der Waals surface area contributed by atoms with Crippen molar-refractivity contribution < 1.29 is 4.79 Å². The quantitative estimate of drug-likeness (QED) is 0.856. The normalized spacial score (nSPS) is 16.5. The second kappa shape index (κ2) is 6.20. The third-order valence-corrected chi connectivity index (χ3v) is 4.16. The molecule has 0 spiro atoms. The number of carbonyl (C=O) groups is 1. The van der Waals surface area contributed by atoms with Gasteiger partial charge in [0.15, 0.2) is 0 Å². The van der Waals surface area contributed by atoms with Crippen LogP contribution in [0.5, 0.6) is 0 Å². The van der Waals surface area contributed by atoms with E-state index in [0.29, 0.717) is 0 Å². The Labute approximate surface area is 116 Å². The first-order valence-electron chi connectivity index (χ1n) is 6.88. The molecule has 0 radical (unpaired) electrons. The number of hydrogen-bond donors (Lipinski definition) is 2. The predicted molar refractivity (Wildman–Crippen MR) is 79.9 cm³/mol. The number of nitrogens with two attached hydrogens (primary N) is 1. The Hall–Kier alpha value is -1.35. The van der Waals surface area contributed by atoms with Crippen LogP contribution in [0.1, 0.15) is 40.2 Å². The molecule has 0 bridgehead atoms. The molecule has 0 fully saturated rings. The summed E-state index contributed by atoms with van der Waals surface area (Å²) in [6.45, 7) is 10.0. The molecule has 19 heavy (non-hydrogen) atoms. The van der Waals surface area contributed by atoms with Crippen LogP contribution in [-0.4, -0.2) is 18.0 Å². The molecule has 1 aromatic rings. The van der Waals surface area contributed by atoms with Crippen molar-refractivity contribution in [2.75, 3.05) is 0 Å². The van der Waals surface area contributed by atoms with Gasteiger partial charge in [-0.05, 0) is 19.4 Å². The van der Waals surface area contributed by atoms with E-state index in [4.69, 9.17) is 5.73 Å². The summed E-state index contributed by atoms with van der Waals surface area (Å²) in [5.41, 5.74) is 6.87. The van der Waals surface area contributed by atoms with Crippen molar-refractivity contribution in [2.24, 2.45) is 11.7 Å². The maximum Gasteiger partial charge on any atom is 0.224 e. The van der Waals surface area contributed by atoms with Crippen molar-refractivity contribution >= 4 is 5.91 Å². The first-order valence-corrected chi connectivity index (χ1v) is 6.88. The molecule has 1 amide bonds. The van der Waals surface area contributed by atoms with Gasteiger partial charge in [0.1, 0.15) is 0 Å². The number of rotatable bonds is 5. The second-order valence-electron chi connectivity index (χ2n) is 5.97. The van der Waals surface area contributed by atoms with Gasteiger partial charge in [-0.25, -0.2) is 0 Å². The highest BCUT2D eigenvalue weighted by molar-refractivity contribution is 5.79. The van der Waals surface area contributed by atoms with Crippen LogP contribution >= 0.6 is 0 Å². The third kappa shape index (κ3) is 3.80. The topological polar surface area (TPSA) is 55.1 Å². The van der Waals surface area contributed by atoms with E-state index in [0.717, 1.165) is 0 Å². The van der Waals surface area contributed by atoms with Gasteiger partial charge in [0.25, 0.3) is 0 Å². The van der Waals surface area contributed by atoms with Gasteiger partial charge in [-0.2, -0.15) is 0 Å². The number of hydrogen-bond acceptors (Lipinski definition) is 2. The fourth-order valence-electron chi connectivity index (χ4n) is 1.88. The largest absolute Gasteiger partial charge is 0.352 e. The molecule has 0 saturated carbocycles. The summed E-state index contributed by atoms with van der Waals surface area (Å²) in [6, 6.07) is 10.2. The van der Waals surface area contributed by atoms with Crippen LogP contribution in [-0.2, 0) is 10.2 Å².